The number of nitrogens with one attached hydrogen (secondary N) is 1. The first-order valence-corrected chi connectivity index (χ1v) is 6.29. The number of ether oxygens (including phenoxy) is 1. The number of nitrogens with zero attached hydrogens (tertiary/aromatic N) is 2. The number of aromatic amines is 1. The molecule has 98 valence electrons. The SMILES string of the molecule is COc1ccc(C#Cc2cnc3[nH]ccc3c2Cl)nc1. The molecule has 0 aliphatic carbocycles. The van der Waals surface area contributed by atoms with Crippen LogP contribution in [0.5, 0.6) is 5.75 Å². The summed E-state index contributed by atoms with van der Waals surface area (Å²) in [5, 5.41) is 1.46. The minimum atomic E-state index is 0.595. The molecule has 1 N–H and O–H groups in total. The lowest BCUT2D eigenvalue weighted by Gasteiger charge is -1.98. The van der Waals surface area contributed by atoms with E-state index in [2.05, 4.69) is 26.8 Å². The molecule has 20 heavy (non-hydrogen) atoms. The lowest BCUT2D eigenvalue weighted by atomic mass is 10.2. The molecule has 0 unspecified atom stereocenters. The van der Waals surface area contributed by atoms with Gasteiger partial charge in [-0.1, -0.05) is 17.5 Å². The monoisotopic (exact) mass is 283 g/mol. The van der Waals surface area contributed by atoms with Gasteiger partial charge in [0.15, 0.2) is 0 Å². The van der Waals surface area contributed by atoms with E-state index in [0.717, 1.165) is 11.0 Å². The molecule has 0 aliphatic heterocycles. The van der Waals surface area contributed by atoms with Gasteiger partial charge in [0.2, 0.25) is 0 Å². The van der Waals surface area contributed by atoms with Crippen LogP contribution in [0.3, 0.4) is 0 Å². The second-order valence-corrected chi connectivity index (χ2v) is 4.44. The molecule has 3 heterocycles. The van der Waals surface area contributed by atoms with Crippen molar-refractivity contribution < 1.29 is 4.74 Å². The van der Waals surface area contributed by atoms with Crippen molar-refractivity contribution in [2.24, 2.45) is 0 Å². The Morgan fingerprint density at radius 3 is 2.80 bits per heavy atom. The van der Waals surface area contributed by atoms with Crippen LogP contribution in [0.1, 0.15) is 11.3 Å². The quantitative estimate of drug-likeness (QED) is 0.699. The van der Waals surface area contributed by atoms with Gasteiger partial charge in [-0.25, -0.2) is 9.97 Å². The lowest BCUT2D eigenvalue weighted by Crippen LogP contribution is -1.87. The second kappa shape index (κ2) is 5.24. The Hall–Kier alpha value is -2.51. The fourth-order valence-electron chi connectivity index (χ4n) is 1.77. The van der Waals surface area contributed by atoms with E-state index in [1.165, 1.54) is 0 Å². The Morgan fingerprint density at radius 1 is 1.15 bits per heavy atom. The van der Waals surface area contributed by atoms with E-state index >= 15 is 0 Å². The molecular formula is C15H10ClN3O. The zero-order valence-corrected chi connectivity index (χ0v) is 11.4. The number of H-pyrrole nitrogens is 1. The normalized spacial score (nSPS) is 10.1. The molecule has 5 heteroatoms. The van der Waals surface area contributed by atoms with E-state index < -0.39 is 0 Å². The van der Waals surface area contributed by atoms with Gasteiger partial charge in [-0.15, -0.1) is 0 Å². The van der Waals surface area contributed by atoms with Crippen LogP contribution in [-0.4, -0.2) is 22.1 Å². The van der Waals surface area contributed by atoms with Crippen LogP contribution in [0.15, 0.2) is 36.8 Å². The molecule has 3 rings (SSSR count). The van der Waals surface area contributed by atoms with Crippen LogP contribution in [0.4, 0.5) is 0 Å². The Labute approximate surface area is 120 Å². The smallest absolute Gasteiger partial charge is 0.138 e. The summed E-state index contributed by atoms with van der Waals surface area (Å²) in [4.78, 5) is 11.4. The van der Waals surface area contributed by atoms with E-state index in [-0.39, 0.29) is 0 Å². The second-order valence-electron chi connectivity index (χ2n) is 4.06. The molecule has 0 atom stereocenters. The van der Waals surface area contributed by atoms with Gasteiger partial charge in [-0.05, 0) is 24.1 Å². The number of hydrogen-bond donors (Lipinski definition) is 1. The van der Waals surface area contributed by atoms with E-state index in [9.17, 15) is 0 Å². The third-order valence-electron chi connectivity index (χ3n) is 2.82. The Balaban J connectivity index is 1.96. The van der Waals surface area contributed by atoms with Crippen molar-refractivity contribution in [1.29, 1.82) is 0 Å². The summed E-state index contributed by atoms with van der Waals surface area (Å²) >= 11 is 6.29. The highest BCUT2D eigenvalue weighted by Gasteiger charge is 2.05. The molecule has 4 nitrogen and oxygen atoms in total. The van der Waals surface area contributed by atoms with Gasteiger partial charge in [0.1, 0.15) is 17.1 Å². The molecule has 0 amide bonds. The molecule has 0 saturated heterocycles. The van der Waals surface area contributed by atoms with Crippen LogP contribution in [0, 0.1) is 11.8 Å². The first kappa shape index (κ1) is 12.5. The topological polar surface area (TPSA) is 50.8 Å². The highest BCUT2D eigenvalue weighted by atomic mass is 35.5. The van der Waals surface area contributed by atoms with Gasteiger partial charge < -0.3 is 9.72 Å². The predicted molar refractivity (Wildman–Crippen MR) is 77.9 cm³/mol. The zero-order valence-electron chi connectivity index (χ0n) is 10.6. The van der Waals surface area contributed by atoms with Crippen LogP contribution in [0.25, 0.3) is 11.0 Å². The van der Waals surface area contributed by atoms with Crippen molar-refractivity contribution in [3.8, 4) is 17.6 Å². The Morgan fingerprint density at radius 2 is 2.05 bits per heavy atom. The molecule has 0 saturated carbocycles. The van der Waals surface area contributed by atoms with Gasteiger partial charge in [0.05, 0.1) is 23.9 Å². The number of methoxy groups -OCH3 is 1. The van der Waals surface area contributed by atoms with Crippen LogP contribution in [-0.2, 0) is 0 Å². The van der Waals surface area contributed by atoms with E-state index in [1.807, 2.05) is 12.1 Å². The third kappa shape index (κ3) is 2.31. The van der Waals surface area contributed by atoms with Gasteiger partial charge in [-0.3, -0.25) is 0 Å². The summed E-state index contributed by atoms with van der Waals surface area (Å²) in [5.74, 6) is 6.64. The minimum Gasteiger partial charge on any atom is -0.495 e. The Kier molecular flexibility index (Phi) is 3.28. The predicted octanol–water partition coefficient (Wildman–Crippen LogP) is 3.02. The van der Waals surface area contributed by atoms with Gasteiger partial charge in [-0.2, -0.15) is 0 Å². The van der Waals surface area contributed by atoms with Crippen molar-refractivity contribution >= 4 is 22.6 Å². The summed E-state index contributed by atoms with van der Waals surface area (Å²) < 4.78 is 5.05. The molecular weight excluding hydrogens is 274 g/mol. The highest BCUT2D eigenvalue weighted by Crippen LogP contribution is 2.24. The Bertz CT molecular complexity index is 812. The first-order valence-electron chi connectivity index (χ1n) is 5.91. The van der Waals surface area contributed by atoms with Crippen molar-refractivity contribution in [3.63, 3.8) is 0 Å². The third-order valence-corrected chi connectivity index (χ3v) is 3.23. The van der Waals surface area contributed by atoms with Crippen LogP contribution < -0.4 is 4.74 Å². The van der Waals surface area contributed by atoms with E-state index in [1.54, 1.807) is 31.8 Å². The zero-order chi connectivity index (χ0) is 13.9. The summed E-state index contributed by atoms with van der Waals surface area (Å²) in [6, 6.07) is 5.48. The number of aromatic nitrogens is 3. The average Bonchev–Trinajstić information content (AvgIpc) is 2.96. The number of hydrogen-bond acceptors (Lipinski definition) is 3. The number of fused-ring (bicyclic) bond motifs is 1. The molecule has 3 aromatic rings. The summed E-state index contributed by atoms with van der Waals surface area (Å²) in [6.45, 7) is 0. The molecule has 0 aromatic carbocycles. The van der Waals surface area contributed by atoms with Gasteiger partial charge in [0.25, 0.3) is 0 Å². The van der Waals surface area contributed by atoms with Gasteiger partial charge in [0, 0.05) is 17.8 Å². The number of halogens is 1. The van der Waals surface area contributed by atoms with Gasteiger partial charge >= 0.3 is 0 Å². The molecule has 0 spiro atoms. The lowest BCUT2D eigenvalue weighted by molar-refractivity contribution is 0.413. The summed E-state index contributed by atoms with van der Waals surface area (Å²) in [7, 11) is 1.60. The van der Waals surface area contributed by atoms with Crippen molar-refractivity contribution in [3.05, 3.63) is 53.1 Å². The maximum absolute atomic E-state index is 6.29. The number of pyridine rings is 2. The summed E-state index contributed by atoms with van der Waals surface area (Å²) in [5.41, 5.74) is 2.08. The molecule has 0 radical (unpaired) electrons. The standard InChI is InChI=1S/C15H10ClN3O/c1-20-12-5-4-11(18-9-12)3-2-10-8-19-15-13(14(10)16)6-7-17-15/h4-9H,1H3,(H,17,19). The summed E-state index contributed by atoms with van der Waals surface area (Å²) in [6.07, 6.45) is 5.07. The molecule has 0 bridgehead atoms. The largest absolute Gasteiger partial charge is 0.495 e. The minimum absolute atomic E-state index is 0.595. The molecule has 0 fully saturated rings. The van der Waals surface area contributed by atoms with Crippen molar-refractivity contribution in [2.45, 2.75) is 0 Å². The number of rotatable bonds is 1. The first-order chi connectivity index (χ1) is 9.78. The fourth-order valence-corrected chi connectivity index (χ4v) is 2.02. The maximum Gasteiger partial charge on any atom is 0.138 e. The van der Waals surface area contributed by atoms with Crippen molar-refractivity contribution in [1.82, 2.24) is 15.0 Å². The van der Waals surface area contributed by atoms with Crippen LogP contribution in [0.2, 0.25) is 5.02 Å². The van der Waals surface area contributed by atoms with Crippen molar-refractivity contribution in [2.75, 3.05) is 7.11 Å². The molecule has 0 aliphatic rings. The van der Waals surface area contributed by atoms with E-state index in [4.69, 9.17) is 16.3 Å². The average molecular weight is 284 g/mol. The van der Waals surface area contributed by atoms with Crippen LogP contribution >= 0.6 is 11.6 Å². The molecule has 3 aromatic heterocycles. The maximum atomic E-state index is 6.29. The fraction of sp³-hybridized carbons (Fsp3) is 0.0667. The highest BCUT2D eigenvalue weighted by molar-refractivity contribution is 6.36. The van der Waals surface area contributed by atoms with E-state index in [0.29, 0.717) is 22.0 Å².